The molecule has 31 heavy (non-hydrogen) atoms. The number of benzene rings is 2. The van der Waals surface area contributed by atoms with Gasteiger partial charge in [-0.2, -0.15) is 0 Å². The molecule has 0 heterocycles. The number of non-ortho nitro benzene ring substituents is 1. The van der Waals surface area contributed by atoms with Crippen LogP contribution >= 0.6 is 47.0 Å². The Bertz CT molecular complexity index is 981. The molecule has 0 aliphatic heterocycles. The second kappa shape index (κ2) is 10.6. The van der Waals surface area contributed by atoms with Crippen LogP contribution in [0.3, 0.4) is 0 Å². The van der Waals surface area contributed by atoms with Crippen molar-refractivity contribution in [2.45, 2.75) is 9.96 Å². The Kier molecular flexibility index (Phi) is 8.40. The van der Waals surface area contributed by atoms with Gasteiger partial charge in [-0.3, -0.25) is 14.9 Å². The third-order valence-corrected chi connectivity index (χ3v) is 4.66. The normalized spacial score (nSPS) is 11.7. The van der Waals surface area contributed by atoms with E-state index in [4.69, 9.17) is 47.0 Å². The molecule has 2 aromatic rings. The third-order valence-electron chi connectivity index (χ3n) is 3.78. The number of nitrogens with one attached hydrogen (secondary N) is 3. The van der Waals surface area contributed by atoms with Gasteiger partial charge in [0.2, 0.25) is 3.79 Å². The number of amides is 1. The van der Waals surface area contributed by atoms with Crippen molar-refractivity contribution in [3.8, 4) is 0 Å². The quantitative estimate of drug-likeness (QED) is 0.135. The van der Waals surface area contributed by atoms with Gasteiger partial charge in [-0.25, -0.2) is 4.79 Å². The summed E-state index contributed by atoms with van der Waals surface area (Å²) in [7, 11) is 1.27. The van der Waals surface area contributed by atoms with E-state index in [2.05, 4.69) is 20.7 Å². The third kappa shape index (κ3) is 7.21. The topological polar surface area (TPSA) is 123 Å². The van der Waals surface area contributed by atoms with Gasteiger partial charge in [-0.15, -0.1) is 0 Å². The number of hydrogen-bond donors (Lipinski definition) is 3. The van der Waals surface area contributed by atoms with Gasteiger partial charge in [-0.1, -0.05) is 34.8 Å². The number of esters is 1. The van der Waals surface area contributed by atoms with Crippen molar-refractivity contribution in [2.75, 3.05) is 12.4 Å². The smallest absolute Gasteiger partial charge is 0.337 e. The van der Waals surface area contributed by atoms with E-state index in [1.165, 1.54) is 43.5 Å². The molecule has 0 spiro atoms. The van der Waals surface area contributed by atoms with Gasteiger partial charge in [0, 0.05) is 23.4 Å². The molecule has 13 heteroatoms. The van der Waals surface area contributed by atoms with Gasteiger partial charge in [-0.05, 0) is 48.6 Å². The van der Waals surface area contributed by atoms with Crippen LogP contribution in [0.5, 0.6) is 0 Å². The molecule has 0 bridgehead atoms. The lowest BCUT2D eigenvalue weighted by Gasteiger charge is -2.27. The minimum absolute atomic E-state index is 0.0196. The van der Waals surface area contributed by atoms with Gasteiger partial charge in [0.05, 0.1) is 17.6 Å². The Morgan fingerprint density at radius 2 is 1.58 bits per heavy atom. The number of methoxy groups -OCH3 is 1. The molecule has 0 radical (unpaired) electrons. The Morgan fingerprint density at radius 1 is 1.03 bits per heavy atom. The number of alkyl halides is 3. The molecule has 164 valence electrons. The monoisotopic (exact) mass is 504 g/mol. The van der Waals surface area contributed by atoms with Crippen molar-refractivity contribution in [1.82, 2.24) is 10.6 Å². The van der Waals surface area contributed by atoms with Crippen LogP contribution in [-0.4, -0.2) is 39.0 Å². The number of carbonyl (C=O) groups excluding carboxylic acids is 2. The fourth-order valence-corrected chi connectivity index (χ4v) is 2.82. The zero-order valence-electron chi connectivity index (χ0n) is 15.7. The molecule has 0 fully saturated rings. The highest BCUT2D eigenvalue weighted by Crippen LogP contribution is 2.29. The second-order valence-electron chi connectivity index (χ2n) is 5.92. The van der Waals surface area contributed by atoms with Crippen molar-refractivity contribution < 1.29 is 19.2 Å². The number of anilines is 1. The maximum Gasteiger partial charge on any atom is 0.337 e. The number of hydrogen-bond acceptors (Lipinski definition) is 6. The predicted octanol–water partition coefficient (Wildman–Crippen LogP) is 3.79. The Hall–Kier alpha value is -2.66. The highest BCUT2D eigenvalue weighted by Gasteiger charge is 2.35. The van der Waals surface area contributed by atoms with Crippen LogP contribution in [0.1, 0.15) is 20.7 Å². The van der Waals surface area contributed by atoms with Crippen molar-refractivity contribution >= 4 is 75.4 Å². The first-order valence-electron chi connectivity index (χ1n) is 8.39. The fourth-order valence-electron chi connectivity index (χ4n) is 2.25. The summed E-state index contributed by atoms with van der Waals surface area (Å²) in [5, 5.41) is 18.7. The zero-order chi connectivity index (χ0) is 23.2. The summed E-state index contributed by atoms with van der Waals surface area (Å²) in [5.74, 6) is -1.14. The van der Waals surface area contributed by atoms with Crippen LogP contribution < -0.4 is 16.0 Å². The van der Waals surface area contributed by atoms with Crippen molar-refractivity contribution in [3.05, 3.63) is 69.8 Å². The van der Waals surface area contributed by atoms with E-state index in [1.807, 2.05) is 0 Å². The Balaban J connectivity index is 2.05. The van der Waals surface area contributed by atoms with E-state index in [-0.39, 0.29) is 16.4 Å². The van der Waals surface area contributed by atoms with Gasteiger partial charge in [0.15, 0.2) is 5.11 Å². The van der Waals surface area contributed by atoms with Crippen molar-refractivity contribution in [1.29, 1.82) is 0 Å². The minimum Gasteiger partial charge on any atom is -0.465 e. The zero-order valence-corrected chi connectivity index (χ0v) is 18.8. The first-order chi connectivity index (χ1) is 14.5. The minimum atomic E-state index is -1.99. The first-order valence-corrected chi connectivity index (χ1v) is 9.93. The van der Waals surface area contributed by atoms with Crippen LogP contribution in [0.15, 0.2) is 48.5 Å². The molecule has 0 saturated carbocycles. The van der Waals surface area contributed by atoms with E-state index in [9.17, 15) is 19.7 Å². The molecule has 2 aromatic carbocycles. The lowest BCUT2D eigenvalue weighted by molar-refractivity contribution is -0.384. The average Bonchev–Trinajstić information content (AvgIpc) is 2.72. The SMILES string of the molecule is COC(=O)c1ccc(NC(=S)NC(NC(=O)c2ccc([N+](=O)[O-])cc2)C(Cl)(Cl)Cl)cc1. The summed E-state index contributed by atoms with van der Waals surface area (Å²) < 4.78 is 2.63. The van der Waals surface area contributed by atoms with Crippen LogP contribution in [0.25, 0.3) is 0 Å². The second-order valence-corrected chi connectivity index (χ2v) is 8.70. The summed E-state index contributed by atoms with van der Waals surface area (Å²) in [4.78, 5) is 34.1. The van der Waals surface area contributed by atoms with Gasteiger partial charge >= 0.3 is 5.97 Å². The number of thiocarbonyl (C=S) groups is 1. The largest absolute Gasteiger partial charge is 0.465 e. The van der Waals surface area contributed by atoms with Crippen LogP contribution in [-0.2, 0) is 4.74 Å². The van der Waals surface area contributed by atoms with E-state index < -0.39 is 26.8 Å². The molecule has 0 aliphatic rings. The molecule has 1 atom stereocenters. The van der Waals surface area contributed by atoms with Gasteiger partial charge in [0.25, 0.3) is 11.6 Å². The van der Waals surface area contributed by atoms with E-state index >= 15 is 0 Å². The molecule has 1 unspecified atom stereocenters. The molecular weight excluding hydrogens is 491 g/mol. The predicted molar refractivity (Wildman–Crippen MR) is 122 cm³/mol. The molecule has 0 saturated heterocycles. The Labute approximate surface area is 197 Å². The van der Waals surface area contributed by atoms with Crippen LogP contribution in [0.2, 0.25) is 0 Å². The molecule has 0 aliphatic carbocycles. The van der Waals surface area contributed by atoms with Gasteiger partial charge in [0.1, 0.15) is 6.17 Å². The summed E-state index contributed by atoms with van der Waals surface area (Å²) >= 11 is 23.0. The number of rotatable bonds is 6. The highest BCUT2D eigenvalue weighted by atomic mass is 35.6. The fraction of sp³-hybridized carbons (Fsp3) is 0.167. The van der Waals surface area contributed by atoms with E-state index in [1.54, 1.807) is 12.1 Å². The summed E-state index contributed by atoms with van der Waals surface area (Å²) in [6, 6.07) is 11.1. The molecule has 3 N–H and O–H groups in total. The lowest BCUT2D eigenvalue weighted by Crippen LogP contribution is -2.56. The molecular formula is C18H15Cl3N4O5S. The maximum atomic E-state index is 12.4. The molecule has 0 aromatic heterocycles. The maximum absolute atomic E-state index is 12.4. The standard InChI is InChI=1S/C18H15Cl3N4O5S/c1-30-15(27)11-2-6-12(7-3-11)22-17(31)24-16(18(19,20)21)23-14(26)10-4-8-13(9-5-10)25(28)29/h2-9,16H,1H3,(H,23,26)(H2,22,24,31). The number of nitro groups is 1. The van der Waals surface area contributed by atoms with Crippen LogP contribution in [0, 0.1) is 10.1 Å². The lowest BCUT2D eigenvalue weighted by atomic mass is 10.2. The van der Waals surface area contributed by atoms with Crippen molar-refractivity contribution in [2.24, 2.45) is 0 Å². The molecule has 9 nitrogen and oxygen atoms in total. The van der Waals surface area contributed by atoms with E-state index in [0.29, 0.717) is 11.3 Å². The summed E-state index contributed by atoms with van der Waals surface area (Å²) in [6.45, 7) is 0. The number of nitrogens with zero attached hydrogens (tertiary/aromatic N) is 1. The number of halogens is 3. The summed E-state index contributed by atoms with van der Waals surface area (Å²) in [5.41, 5.74) is 0.816. The average molecular weight is 506 g/mol. The number of ether oxygens (including phenoxy) is 1. The summed E-state index contributed by atoms with van der Waals surface area (Å²) in [6.07, 6.45) is -1.24. The van der Waals surface area contributed by atoms with Gasteiger partial charge < -0.3 is 20.7 Å². The Morgan fingerprint density at radius 3 is 2.06 bits per heavy atom. The van der Waals surface area contributed by atoms with Crippen LogP contribution in [0.4, 0.5) is 11.4 Å². The van der Waals surface area contributed by atoms with E-state index in [0.717, 1.165) is 0 Å². The molecule has 2 rings (SSSR count). The first kappa shape index (κ1) is 24.6. The highest BCUT2D eigenvalue weighted by molar-refractivity contribution is 7.80. The number of nitro benzene ring substituents is 1. The van der Waals surface area contributed by atoms with Crippen molar-refractivity contribution in [3.63, 3.8) is 0 Å². The number of carbonyl (C=O) groups is 2. The molecule has 1 amide bonds.